The van der Waals surface area contributed by atoms with Crippen LogP contribution >= 0.6 is 0 Å². The molecule has 0 aromatic heterocycles. The van der Waals surface area contributed by atoms with E-state index in [0.29, 0.717) is 0 Å². The number of rotatable bonds is 6. The van der Waals surface area contributed by atoms with Crippen LogP contribution in [-0.4, -0.2) is 35.4 Å². The molecule has 0 spiro atoms. The van der Waals surface area contributed by atoms with E-state index in [0.717, 1.165) is 12.8 Å². The summed E-state index contributed by atoms with van der Waals surface area (Å²) in [5.41, 5.74) is 0. The van der Waals surface area contributed by atoms with Gasteiger partial charge in [0, 0.05) is 25.2 Å². The second-order valence-corrected chi connectivity index (χ2v) is 2.40. The van der Waals surface area contributed by atoms with Gasteiger partial charge in [0.1, 0.15) is 0 Å². The number of unbranched alkanes of at least 4 members (excludes halogenated alkanes) is 1. The van der Waals surface area contributed by atoms with Gasteiger partial charge in [0.25, 0.3) is 0 Å². The fraction of sp³-hybridized carbons (Fsp3) is 0.750. The van der Waals surface area contributed by atoms with E-state index in [-0.39, 0.29) is 72.3 Å². The molecule has 0 aliphatic carbocycles. The van der Waals surface area contributed by atoms with Crippen molar-refractivity contribution in [3.8, 4) is 0 Å². The van der Waals surface area contributed by atoms with Crippen LogP contribution in [-0.2, 0) is 9.59 Å². The largest absolute Gasteiger partial charge is 1.00 e. The molecule has 0 aromatic rings. The smallest absolute Gasteiger partial charge is 0.550 e. The van der Waals surface area contributed by atoms with Crippen molar-refractivity contribution in [3.05, 3.63) is 0 Å². The van der Waals surface area contributed by atoms with Gasteiger partial charge >= 0.3 is 59.1 Å². The van der Waals surface area contributed by atoms with Crippen molar-refractivity contribution in [1.29, 1.82) is 0 Å². The van der Waals surface area contributed by atoms with Gasteiger partial charge in [0.2, 0.25) is 0 Å². The Kier molecular flexibility index (Phi) is 33.9. The Bertz CT molecular complexity index is 147. The second kappa shape index (κ2) is 21.2. The predicted molar refractivity (Wildman–Crippen MR) is 42.7 cm³/mol. The summed E-state index contributed by atoms with van der Waals surface area (Å²) in [6.45, 7) is 0.390. The molecule has 0 heterocycles. The Balaban J connectivity index is -0.0000000825. The summed E-state index contributed by atoms with van der Waals surface area (Å²) < 4.78 is 0. The molecular weight excluding hydrogens is 238 g/mol. The average Bonchev–Trinajstić information content (AvgIpc) is 2.12. The molecule has 0 saturated carbocycles. The van der Waals surface area contributed by atoms with Crippen molar-refractivity contribution in [2.24, 2.45) is 0 Å². The van der Waals surface area contributed by atoms with Crippen molar-refractivity contribution in [1.82, 2.24) is 0 Å². The van der Waals surface area contributed by atoms with E-state index < -0.39 is 24.8 Å². The van der Waals surface area contributed by atoms with Gasteiger partial charge in [0.05, 0.1) is 0 Å². The molecule has 0 radical (unpaired) electrons. The van der Waals surface area contributed by atoms with E-state index in [4.69, 9.17) is 10.2 Å². The standard InChI is InChI=1S/C4H6O4.C4H10O2.2Na/c5-3(6)1-2-4(7)8;5-3-1-2-4-6;;/h1-2H2,(H,5,6)(H,7,8);5-6H,1-4H2;;/q;;2*+1/p-2. The predicted octanol–water partition coefficient (Wildman–Crippen LogP) is -8.97. The van der Waals surface area contributed by atoms with E-state index in [9.17, 15) is 19.8 Å². The van der Waals surface area contributed by atoms with Crippen molar-refractivity contribution in [3.63, 3.8) is 0 Å². The van der Waals surface area contributed by atoms with Gasteiger partial charge in [-0.25, -0.2) is 0 Å². The maximum absolute atomic E-state index is 9.50. The maximum Gasteiger partial charge on any atom is 1.00 e. The number of carboxylic acid groups (broad SMARTS) is 2. The molecule has 0 aliphatic rings. The Morgan fingerprint density at radius 2 is 1.06 bits per heavy atom. The molecule has 0 aliphatic heterocycles. The molecule has 8 heteroatoms. The van der Waals surface area contributed by atoms with Crippen molar-refractivity contribution >= 4 is 11.9 Å². The van der Waals surface area contributed by atoms with Gasteiger partial charge in [-0.3, -0.25) is 0 Å². The SMILES string of the molecule is O=C([O-])CCC(=O)[O-].OCCCCO.[Na+].[Na+]. The first-order chi connectivity index (χ1) is 6.54. The Labute approximate surface area is 139 Å². The van der Waals surface area contributed by atoms with Gasteiger partial charge in [-0.1, -0.05) is 0 Å². The topological polar surface area (TPSA) is 121 Å². The van der Waals surface area contributed by atoms with Crippen LogP contribution in [0.15, 0.2) is 0 Å². The zero-order valence-electron chi connectivity index (χ0n) is 9.77. The summed E-state index contributed by atoms with van der Waals surface area (Å²) in [5.74, 6) is -2.73. The van der Waals surface area contributed by atoms with Crippen molar-refractivity contribution < 1.29 is 89.1 Å². The first-order valence-corrected chi connectivity index (χ1v) is 4.16. The number of carbonyl (C=O) groups excluding carboxylic acids is 2. The third kappa shape index (κ3) is 36.4. The third-order valence-electron chi connectivity index (χ3n) is 1.10. The molecule has 0 saturated heterocycles. The minimum absolute atomic E-state index is 0. The number of carbonyl (C=O) groups is 2. The fourth-order valence-corrected chi connectivity index (χ4v) is 0.428. The van der Waals surface area contributed by atoms with Crippen LogP contribution in [0.4, 0.5) is 0 Å². The molecule has 84 valence electrons. The van der Waals surface area contributed by atoms with Crippen LogP contribution < -0.4 is 69.3 Å². The number of hydrogen-bond donors (Lipinski definition) is 2. The minimum Gasteiger partial charge on any atom is -0.550 e. The van der Waals surface area contributed by atoms with E-state index >= 15 is 0 Å². The van der Waals surface area contributed by atoms with Crippen LogP contribution in [0.2, 0.25) is 0 Å². The fourth-order valence-electron chi connectivity index (χ4n) is 0.428. The van der Waals surface area contributed by atoms with Crippen LogP contribution in [0.3, 0.4) is 0 Å². The van der Waals surface area contributed by atoms with Crippen LogP contribution in [0, 0.1) is 0 Å². The van der Waals surface area contributed by atoms with Gasteiger partial charge in [-0.15, -0.1) is 0 Å². The number of aliphatic carboxylic acids is 2. The first-order valence-electron chi connectivity index (χ1n) is 4.16. The molecule has 6 nitrogen and oxygen atoms in total. The average molecular weight is 252 g/mol. The molecule has 16 heavy (non-hydrogen) atoms. The number of hydrogen-bond acceptors (Lipinski definition) is 6. The summed E-state index contributed by atoms with van der Waals surface area (Å²) >= 11 is 0. The monoisotopic (exact) mass is 252 g/mol. The van der Waals surface area contributed by atoms with E-state index in [1.807, 2.05) is 0 Å². The van der Waals surface area contributed by atoms with Gasteiger partial charge in [-0.05, 0) is 25.7 Å². The summed E-state index contributed by atoms with van der Waals surface area (Å²) in [4.78, 5) is 19.0. The van der Waals surface area contributed by atoms with Gasteiger partial charge in [0.15, 0.2) is 0 Å². The molecule has 2 N–H and O–H groups in total. The molecular formula is C8H14Na2O6. The molecule has 0 aromatic carbocycles. The molecule has 0 unspecified atom stereocenters. The van der Waals surface area contributed by atoms with E-state index in [1.54, 1.807) is 0 Å². The van der Waals surface area contributed by atoms with Crippen LogP contribution in [0.25, 0.3) is 0 Å². The minimum atomic E-state index is -1.37. The molecule has 0 rings (SSSR count). The summed E-state index contributed by atoms with van der Waals surface area (Å²) in [6.07, 6.45) is 0.498. The molecule has 0 bridgehead atoms. The van der Waals surface area contributed by atoms with Gasteiger partial charge in [-0.2, -0.15) is 0 Å². The molecule has 0 fully saturated rings. The zero-order valence-corrected chi connectivity index (χ0v) is 13.8. The quantitative estimate of drug-likeness (QED) is 0.357. The van der Waals surface area contributed by atoms with E-state index in [1.165, 1.54) is 0 Å². The Hall–Kier alpha value is 0.860. The summed E-state index contributed by atoms with van der Waals surface area (Å²) in [7, 11) is 0. The van der Waals surface area contributed by atoms with Crippen molar-refractivity contribution in [2.45, 2.75) is 25.7 Å². The number of carboxylic acids is 2. The first kappa shape index (κ1) is 25.6. The zero-order chi connectivity index (χ0) is 11.4. The summed E-state index contributed by atoms with van der Waals surface area (Å²) in [6, 6.07) is 0. The van der Waals surface area contributed by atoms with Crippen molar-refractivity contribution in [2.75, 3.05) is 13.2 Å². The summed E-state index contributed by atoms with van der Waals surface area (Å²) in [5, 5.41) is 35.2. The normalized spacial score (nSPS) is 7.62. The molecule has 0 atom stereocenters. The number of aliphatic hydroxyl groups is 2. The molecule has 0 amide bonds. The number of aliphatic hydroxyl groups excluding tert-OH is 2. The Morgan fingerprint density at radius 3 is 1.19 bits per heavy atom. The van der Waals surface area contributed by atoms with Crippen LogP contribution in [0.1, 0.15) is 25.7 Å². The van der Waals surface area contributed by atoms with E-state index in [2.05, 4.69) is 0 Å². The Morgan fingerprint density at radius 1 is 0.812 bits per heavy atom. The van der Waals surface area contributed by atoms with Gasteiger partial charge < -0.3 is 30.0 Å². The maximum atomic E-state index is 9.50. The van der Waals surface area contributed by atoms with Crippen LogP contribution in [0.5, 0.6) is 0 Å². The second-order valence-electron chi connectivity index (χ2n) is 2.40. The third-order valence-corrected chi connectivity index (χ3v) is 1.10.